The lowest BCUT2D eigenvalue weighted by Gasteiger charge is -2.20. The second-order valence-electron chi connectivity index (χ2n) is 6.41. The summed E-state index contributed by atoms with van der Waals surface area (Å²) in [5.41, 5.74) is 0.690. The van der Waals surface area contributed by atoms with Crippen molar-refractivity contribution in [2.75, 3.05) is 22.7 Å². The number of anilines is 2. The van der Waals surface area contributed by atoms with Gasteiger partial charge in [-0.25, -0.2) is 18.4 Å². The maximum atomic E-state index is 12.9. The van der Waals surface area contributed by atoms with Crippen molar-refractivity contribution in [1.29, 1.82) is 0 Å². The summed E-state index contributed by atoms with van der Waals surface area (Å²) in [4.78, 5) is 21.1. The zero-order chi connectivity index (χ0) is 19.7. The average molecular weight is 399 g/mol. The number of hydrogen-bond acceptors (Lipinski definition) is 7. The molecule has 0 atom stereocenters. The minimum absolute atomic E-state index is 0.0683. The first kappa shape index (κ1) is 18.1. The Morgan fingerprint density at radius 3 is 2.25 bits per heavy atom. The Kier molecular flexibility index (Phi) is 4.55. The lowest BCUT2D eigenvalue weighted by Crippen LogP contribution is -2.23. The van der Waals surface area contributed by atoms with Crippen LogP contribution in [-0.2, 0) is 10.0 Å². The minimum atomic E-state index is -4.23. The lowest BCUT2D eigenvalue weighted by molar-refractivity contribution is -0.387. The van der Waals surface area contributed by atoms with Crippen LogP contribution in [-0.4, -0.2) is 36.4 Å². The van der Waals surface area contributed by atoms with Crippen molar-refractivity contribution in [3.05, 3.63) is 58.6 Å². The van der Waals surface area contributed by atoms with E-state index in [1.165, 1.54) is 18.2 Å². The molecule has 2 heterocycles. The summed E-state index contributed by atoms with van der Waals surface area (Å²) >= 11 is 0. The molecule has 0 spiro atoms. The van der Waals surface area contributed by atoms with Crippen molar-refractivity contribution < 1.29 is 13.3 Å². The van der Waals surface area contributed by atoms with Gasteiger partial charge in [0.05, 0.1) is 16.0 Å². The van der Waals surface area contributed by atoms with Gasteiger partial charge >= 0.3 is 0 Å². The summed E-state index contributed by atoms with van der Waals surface area (Å²) in [6.07, 6.45) is 1.95. The fraction of sp³-hybridized carbons (Fsp3) is 0.222. The van der Waals surface area contributed by atoms with Crippen LogP contribution in [0, 0.1) is 10.1 Å². The normalized spacial score (nSPS) is 14.4. The second kappa shape index (κ2) is 7.04. The number of fused-ring (bicyclic) bond motifs is 1. The molecule has 10 heteroatoms. The number of nitro benzene ring substituents is 1. The zero-order valence-corrected chi connectivity index (χ0v) is 15.6. The van der Waals surface area contributed by atoms with Crippen LogP contribution in [0.3, 0.4) is 0 Å². The highest BCUT2D eigenvalue weighted by molar-refractivity contribution is 7.92. The van der Waals surface area contributed by atoms with E-state index in [1.807, 2.05) is 17.0 Å². The van der Waals surface area contributed by atoms with E-state index in [0.29, 0.717) is 16.9 Å². The van der Waals surface area contributed by atoms with Gasteiger partial charge in [-0.2, -0.15) is 0 Å². The maximum Gasteiger partial charge on any atom is 0.289 e. The van der Waals surface area contributed by atoms with Crippen molar-refractivity contribution in [2.24, 2.45) is 0 Å². The van der Waals surface area contributed by atoms with Gasteiger partial charge in [0.1, 0.15) is 0 Å². The molecule has 0 aliphatic carbocycles. The van der Waals surface area contributed by atoms with Gasteiger partial charge in [-0.15, -0.1) is 0 Å². The van der Waals surface area contributed by atoms with Gasteiger partial charge in [0.15, 0.2) is 16.5 Å². The smallest absolute Gasteiger partial charge is 0.289 e. The number of aromatic nitrogens is 2. The van der Waals surface area contributed by atoms with Crippen molar-refractivity contribution in [3.8, 4) is 0 Å². The molecule has 1 fully saturated rings. The summed E-state index contributed by atoms with van der Waals surface area (Å²) < 4.78 is 28.3. The summed E-state index contributed by atoms with van der Waals surface area (Å²) in [5, 5.41) is 11.2. The number of sulfonamides is 1. The molecule has 0 bridgehead atoms. The molecule has 28 heavy (non-hydrogen) atoms. The fourth-order valence-corrected chi connectivity index (χ4v) is 4.40. The first-order valence-electron chi connectivity index (χ1n) is 8.74. The van der Waals surface area contributed by atoms with Crippen LogP contribution in [0.4, 0.5) is 17.3 Å². The highest BCUT2D eigenvalue weighted by Crippen LogP contribution is 2.31. The number of rotatable bonds is 5. The predicted molar refractivity (Wildman–Crippen MR) is 105 cm³/mol. The van der Waals surface area contributed by atoms with Gasteiger partial charge in [-0.3, -0.25) is 14.8 Å². The van der Waals surface area contributed by atoms with Crippen LogP contribution in [0.2, 0.25) is 0 Å². The molecule has 0 amide bonds. The van der Waals surface area contributed by atoms with E-state index in [4.69, 9.17) is 0 Å². The van der Waals surface area contributed by atoms with E-state index in [9.17, 15) is 18.5 Å². The molecule has 1 saturated heterocycles. The first-order valence-corrected chi connectivity index (χ1v) is 10.2. The highest BCUT2D eigenvalue weighted by atomic mass is 32.2. The molecule has 3 aromatic rings. The van der Waals surface area contributed by atoms with E-state index in [-0.39, 0.29) is 5.82 Å². The third-order valence-corrected chi connectivity index (χ3v) is 5.93. The van der Waals surface area contributed by atoms with Gasteiger partial charge in [-0.05, 0) is 31.0 Å². The molecule has 1 aromatic heterocycles. The van der Waals surface area contributed by atoms with Gasteiger partial charge in [-0.1, -0.05) is 24.3 Å². The van der Waals surface area contributed by atoms with Crippen molar-refractivity contribution in [1.82, 2.24) is 9.97 Å². The molecule has 4 rings (SSSR count). The topological polar surface area (TPSA) is 118 Å². The van der Waals surface area contributed by atoms with Crippen molar-refractivity contribution >= 4 is 38.4 Å². The monoisotopic (exact) mass is 399 g/mol. The average Bonchev–Trinajstić information content (AvgIpc) is 3.21. The number of hydrogen-bond donors (Lipinski definition) is 1. The largest absolute Gasteiger partial charge is 0.354 e. The van der Waals surface area contributed by atoms with Crippen molar-refractivity contribution in [2.45, 2.75) is 17.7 Å². The van der Waals surface area contributed by atoms with Gasteiger partial charge < -0.3 is 4.90 Å². The van der Waals surface area contributed by atoms with Gasteiger partial charge in [0.2, 0.25) is 0 Å². The number of para-hydroxylation sites is 3. The van der Waals surface area contributed by atoms with Crippen LogP contribution in [0.5, 0.6) is 0 Å². The van der Waals surface area contributed by atoms with E-state index < -0.39 is 25.5 Å². The molecular formula is C18H17N5O4S. The Labute approximate surface area is 161 Å². The Bertz CT molecular complexity index is 1160. The number of nitrogens with zero attached hydrogens (tertiary/aromatic N) is 4. The molecule has 1 N–H and O–H groups in total. The fourth-order valence-electron chi connectivity index (χ4n) is 3.23. The zero-order valence-electron chi connectivity index (χ0n) is 14.8. The quantitative estimate of drug-likeness (QED) is 0.517. The molecule has 0 unspecified atom stereocenters. The molecule has 1 aliphatic heterocycles. The van der Waals surface area contributed by atoms with Crippen LogP contribution < -0.4 is 9.62 Å². The lowest BCUT2D eigenvalue weighted by atomic mass is 10.3. The molecule has 2 aromatic carbocycles. The van der Waals surface area contributed by atoms with Crippen molar-refractivity contribution in [3.63, 3.8) is 0 Å². The standard InChI is InChI=1S/C18H17N5O4S/c24-23(25)15-9-3-4-10-16(15)28(26,27)21-17-18(22-11-5-6-12-22)20-14-8-2-1-7-13(14)19-17/h1-4,7-10H,5-6,11-12H2,(H,19,21). The first-order chi connectivity index (χ1) is 13.5. The second-order valence-corrected chi connectivity index (χ2v) is 8.06. The summed E-state index contributed by atoms with van der Waals surface area (Å²) in [6, 6.07) is 12.4. The molecular weight excluding hydrogens is 382 g/mol. The van der Waals surface area contributed by atoms with E-state index in [0.717, 1.165) is 32.0 Å². The number of benzene rings is 2. The molecule has 144 valence electrons. The van der Waals surface area contributed by atoms with E-state index in [2.05, 4.69) is 14.7 Å². The Morgan fingerprint density at radius 2 is 1.57 bits per heavy atom. The Morgan fingerprint density at radius 1 is 0.964 bits per heavy atom. The van der Waals surface area contributed by atoms with Gasteiger partial charge in [0.25, 0.3) is 15.7 Å². The van der Waals surface area contributed by atoms with Crippen LogP contribution in [0.15, 0.2) is 53.4 Å². The van der Waals surface area contributed by atoms with E-state index >= 15 is 0 Å². The summed E-state index contributed by atoms with van der Waals surface area (Å²) in [6.45, 7) is 1.49. The molecule has 0 radical (unpaired) electrons. The third-order valence-electron chi connectivity index (χ3n) is 4.54. The molecule has 1 aliphatic rings. The van der Waals surface area contributed by atoms with Crippen LogP contribution in [0.25, 0.3) is 11.0 Å². The highest BCUT2D eigenvalue weighted by Gasteiger charge is 2.28. The predicted octanol–water partition coefficient (Wildman–Crippen LogP) is 2.94. The van der Waals surface area contributed by atoms with Gasteiger partial charge in [0, 0.05) is 19.2 Å². The summed E-state index contributed by atoms with van der Waals surface area (Å²) in [7, 11) is -4.23. The molecule has 0 saturated carbocycles. The maximum absolute atomic E-state index is 12.9. The Hall–Kier alpha value is -3.27. The summed E-state index contributed by atoms with van der Waals surface area (Å²) in [5.74, 6) is 0.497. The third kappa shape index (κ3) is 3.33. The Balaban J connectivity index is 1.82. The van der Waals surface area contributed by atoms with E-state index in [1.54, 1.807) is 12.1 Å². The van der Waals surface area contributed by atoms with Crippen LogP contribution in [0.1, 0.15) is 12.8 Å². The minimum Gasteiger partial charge on any atom is -0.354 e. The van der Waals surface area contributed by atoms with Crippen LogP contribution >= 0.6 is 0 Å². The SMILES string of the molecule is O=[N+]([O-])c1ccccc1S(=O)(=O)Nc1nc2ccccc2nc1N1CCCC1. The molecule has 9 nitrogen and oxygen atoms in total. The number of nitrogens with one attached hydrogen (secondary N) is 1. The number of nitro groups is 1.